The number of rotatable bonds is 10. The maximum atomic E-state index is 5.03. The van der Waals surface area contributed by atoms with Crippen LogP contribution in [0.1, 0.15) is 39.2 Å². The molecule has 0 aliphatic carbocycles. The van der Waals surface area contributed by atoms with Gasteiger partial charge in [-0.05, 0) is 43.4 Å². The summed E-state index contributed by atoms with van der Waals surface area (Å²) in [6.07, 6.45) is 2.38. The predicted octanol–water partition coefficient (Wildman–Crippen LogP) is 3.23. The van der Waals surface area contributed by atoms with Gasteiger partial charge in [-0.25, -0.2) is 0 Å². The van der Waals surface area contributed by atoms with Crippen molar-refractivity contribution in [3.8, 4) is 0 Å². The number of guanidine groups is 1. The molecule has 3 N–H and O–H groups in total. The topological polar surface area (TPSA) is 57.7 Å². The van der Waals surface area contributed by atoms with Gasteiger partial charge in [-0.3, -0.25) is 4.99 Å². The monoisotopic (exact) mass is 334 g/mol. The molecule has 0 saturated carbocycles. The summed E-state index contributed by atoms with van der Waals surface area (Å²) in [5, 5.41) is 10.1. The van der Waals surface area contributed by atoms with Crippen molar-refractivity contribution in [2.45, 2.75) is 46.2 Å². The first-order chi connectivity index (χ1) is 11.5. The van der Waals surface area contributed by atoms with E-state index in [0.29, 0.717) is 12.6 Å². The van der Waals surface area contributed by atoms with Gasteiger partial charge in [0.05, 0.1) is 6.61 Å². The summed E-state index contributed by atoms with van der Waals surface area (Å²) in [5.41, 5.74) is 2.34. The first kappa shape index (κ1) is 20.3. The SMILES string of the molecule is CN=C(NCc1ccc(NCCOC)cc1)NC(C)CCC(C)C. The van der Waals surface area contributed by atoms with Gasteiger partial charge in [-0.1, -0.05) is 26.0 Å². The van der Waals surface area contributed by atoms with Crippen LogP contribution in [0.2, 0.25) is 0 Å². The number of hydrogen-bond donors (Lipinski definition) is 3. The van der Waals surface area contributed by atoms with E-state index in [1.54, 1.807) is 7.11 Å². The quantitative estimate of drug-likeness (QED) is 0.349. The molecule has 5 heteroatoms. The Morgan fingerprint density at radius 1 is 1.12 bits per heavy atom. The molecule has 0 amide bonds. The van der Waals surface area contributed by atoms with Crippen LogP contribution in [-0.4, -0.2) is 39.3 Å². The first-order valence-corrected chi connectivity index (χ1v) is 8.84. The molecular weight excluding hydrogens is 300 g/mol. The highest BCUT2D eigenvalue weighted by atomic mass is 16.5. The molecule has 5 nitrogen and oxygen atoms in total. The molecule has 1 unspecified atom stereocenters. The molecule has 0 bridgehead atoms. The van der Waals surface area contributed by atoms with Gasteiger partial charge in [0.15, 0.2) is 5.96 Å². The van der Waals surface area contributed by atoms with Crippen LogP contribution in [0.15, 0.2) is 29.3 Å². The number of aliphatic imine (C=N–C) groups is 1. The summed E-state index contributed by atoms with van der Waals surface area (Å²) in [4.78, 5) is 4.31. The van der Waals surface area contributed by atoms with E-state index in [9.17, 15) is 0 Å². The van der Waals surface area contributed by atoms with E-state index >= 15 is 0 Å². The molecule has 24 heavy (non-hydrogen) atoms. The predicted molar refractivity (Wildman–Crippen MR) is 104 cm³/mol. The summed E-state index contributed by atoms with van der Waals surface area (Å²) in [5.74, 6) is 1.59. The second-order valence-corrected chi connectivity index (χ2v) is 6.56. The largest absolute Gasteiger partial charge is 0.383 e. The highest BCUT2D eigenvalue weighted by molar-refractivity contribution is 5.79. The van der Waals surface area contributed by atoms with Crippen LogP contribution >= 0.6 is 0 Å². The van der Waals surface area contributed by atoms with Gasteiger partial charge in [0.1, 0.15) is 0 Å². The van der Waals surface area contributed by atoms with Crippen molar-refractivity contribution in [2.75, 3.05) is 32.6 Å². The molecule has 1 aromatic carbocycles. The summed E-state index contributed by atoms with van der Waals surface area (Å²) in [6.45, 7) is 9.00. The molecule has 0 radical (unpaired) electrons. The fourth-order valence-electron chi connectivity index (χ4n) is 2.31. The average molecular weight is 335 g/mol. The summed E-state index contributed by atoms with van der Waals surface area (Å²) in [7, 11) is 3.52. The fraction of sp³-hybridized carbons (Fsp3) is 0.632. The van der Waals surface area contributed by atoms with E-state index in [1.807, 2.05) is 7.05 Å². The zero-order valence-corrected chi connectivity index (χ0v) is 15.9. The smallest absolute Gasteiger partial charge is 0.191 e. The molecule has 0 spiro atoms. The fourth-order valence-corrected chi connectivity index (χ4v) is 2.31. The second kappa shape index (κ2) is 11.7. The van der Waals surface area contributed by atoms with E-state index < -0.39 is 0 Å². The minimum Gasteiger partial charge on any atom is -0.383 e. The van der Waals surface area contributed by atoms with E-state index in [0.717, 1.165) is 37.1 Å². The van der Waals surface area contributed by atoms with Crippen LogP contribution in [0.25, 0.3) is 0 Å². The Bertz CT molecular complexity index is 471. The molecule has 1 rings (SSSR count). The minimum atomic E-state index is 0.422. The lowest BCUT2D eigenvalue weighted by Crippen LogP contribution is -2.41. The van der Waals surface area contributed by atoms with Gasteiger partial charge >= 0.3 is 0 Å². The molecular formula is C19H34N4O. The van der Waals surface area contributed by atoms with Crippen LogP contribution in [0.5, 0.6) is 0 Å². The summed E-state index contributed by atoms with van der Waals surface area (Å²) < 4.78 is 5.03. The Morgan fingerprint density at radius 2 is 1.83 bits per heavy atom. The maximum absolute atomic E-state index is 5.03. The molecule has 0 saturated heterocycles. The number of benzene rings is 1. The lowest BCUT2D eigenvalue weighted by Gasteiger charge is -2.19. The number of methoxy groups -OCH3 is 1. The minimum absolute atomic E-state index is 0.422. The Labute approximate surface area is 147 Å². The Hall–Kier alpha value is -1.75. The van der Waals surface area contributed by atoms with Crippen LogP contribution < -0.4 is 16.0 Å². The van der Waals surface area contributed by atoms with Gasteiger partial charge in [0.2, 0.25) is 0 Å². The van der Waals surface area contributed by atoms with Gasteiger partial charge in [0, 0.05) is 39.0 Å². The molecule has 1 atom stereocenters. The lowest BCUT2D eigenvalue weighted by atomic mass is 10.0. The average Bonchev–Trinajstić information content (AvgIpc) is 2.58. The first-order valence-electron chi connectivity index (χ1n) is 8.84. The third-order valence-electron chi connectivity index (χ3n) is 3.83. The van der Waals surface area contributed by atoms with Crippen LogP contribution in [-0.2, 0) is 11.3 Å². The molecule has 0 aromatic heterocycles. The Kier molecular flexibility index (Phi) is 9.92. The van der Waals surface area contributed by atoms with Crippen molar-refractivity contribution < 1.29 is 4.74 Å². The standard InChI is InChI=1S/C19H34N4O/c1-15(2)6-7-16(3)23-19(20-4)22-14-17-8-10-18(11-9-17)21-12-13-24-5/h8-11,15-16,21H,6-7,12-14H2,1-5H3,(H2,20,22,23). The Balaban J connectivity index is 2.37. The summed E-state index contributed by atoms with van der Waals surface area (Å²) >= 11 is 0. The number of hydrogen-bond acceptors (Lipinski definition) is 3. The third-order valence-corrected chi connectivity index (χ3v) is 3.83. The zero-order chi connectivity index (χ0) is 17.8. The van der Waals surface area contributed by atoms with Crippen LogP contribution in [0.3, 0.4) is 0 Å². The number of ether oxygens (including phenoxy) is 1. The highest BCUT2D eigenvalue weighted by Gasteiger charge is 2.06. The number of nitrogens with one attached hydrogen (secondary N) is 3. The molecule has 0 aliphatic rings. The van der Waals surface area contributed by atoms with Crippen molar-refractivity contribution in [1.82, 2.24) is 10.6 Å². The molecule has 136 valence electrons. The van der Waals surface area contributed by atoms with Gasteiger partial charge in [-0.15, -0.1) is 0 Å². The number of anilines is 1. The maximum Gasteiger partial charge on any atom is 0.191 e. The zero-order valence-electron chi connectivity index (χ0n) is 15.9. The Morgan fingerprint density at radius 3 is 2.42 bits per heavy atom. The van der Waals surface area contributed by atoms with E-state index in [4.69, 9.17) is 4.74 Å². The van der Waals surface area contributed by atoms with Crippen molar-refractivity contribution >= 4 is 11.6 Å². The second-order valence-electron chi connectivity index (χ2n) is 6.56. The lowest BCUT2D eigenvalue weighted by molar-refractivity contribution is 0.211. The van der Waals surface area contributed by atoms with Gasteiger partial charge < -0.3 is 20.7 Å². The van der Waals surface area contributed by atoms with Gasteiger partial charge in [0.25, 0.3) is 0 Å². The van der Waals surface area contributed by atoms with Crippen molar-refractivity contribution in [3.63, 3.8) is 0 Å². The van der Waals surface area contributed by atoms with Crippen molar-refractivity contribution in [2.24, 2.45) is 10.9 Å². The molecule has 0 heterocycles. The molecule has 0 aliphatic heterocycles. The third kappa shape index (κ3) is 8.77. The van der Waals surface area contributed by atoms with Crippen molar-refractivity contribution in [1.29, 1.82) is 0 Å². The van der Waals surface area contributed by atoms with E-state index in [1.165, 1.54) is 12.0 Å². The highest BCUT2D eigenvalue weighted by Crippen LogP contribution is 2.09. The van der Waals surface area contributed by atoms with E-state index in [-0.39, 0.29) is 0 Å². The number of nitrogens with zero attached hydrogens (tertiary/aromatic N) is 1. The molecule has 0 fully saturated rings. The van der Waals surface area contributed by atoms with Crippen LogP contribution in [0, 0.1) is 5.92 Å². The molecule has 1 aromatic rings. The van der Waals surface area contributed by atoms with Crippen LogP contribution in [0.4, 0.5) is 5.69 Å². The summed E-state index contributed by atoms with van der Waals surface area (Å²) in [6, 6.07) is 8.85. The van der Waals surface area contributed by atoms with Gasteiger partial charge in [-0.2, -0.15) is 0 Å². The van der Waals surface area contributed by atoms with Crippen molar-refractivity contribution in [3.05, 3.63) is 29.8 Å². The normalized spacial score (nSPS) is 13.0. The van der Waals surface area contributed by atoms with E-state index in [2.05, 4.69) is 66.0 Å².